The molecular weight excluding hydrogens is 457 g/mol. The van der Waals surface area contributed by atoms with Crippen molar-refractivity contribution < 1.29 is 22.4 Å². The van der Waals surface area contributed by atoms with E-state index in [0.29, 0.717) is 22.5 Å². The van der Waals surface area contributed by atoms with Crippen LogP contribution in [0.1, 0.15) is 26.3 Å². The Kier molecular flexibility index (Phi) is 7.80. The van der Waals surface area contributed by atoms with Crippen LogP contribution in [0.2, 0.25) is 0 Å². The van der Waals surface area contributed by atoms with E-state index >= 15 is 0 Å². The fraction of sp³-hybridized carbons (Fsp3) is 0.120. The highest BCUT2D eigenvalue weighted by Crippen LogP contribution is 2.22. The number of benzene rings is 3. The van der Waals surface area contributed by atoms with Gasteiger partial charge in [0.05, 0.1) is 29.7 Å². The molecule has 0 heterocycles. The van der Waals surface area contributed by atoms with Gasteiger partial charge in [-0.05, 0) is 54.1 Å². The summed E-state index contributed by atoms with van der Waals surface area (Å²) >= 11 is 0. The Hall–Kier alpha value is -3.98. The van der Waals surface area contributed by atoms with Crippen LogP contribution < -0.4 is 14.9 Å². The number of carbonyl (C=O) groups excluding carboxylic acids is 2. The van der Waals surface area contributed by atoms with Gasteiger partial charge in [0.25, 0.3) is 11.8 Å². The molecule has 0 atom stereocenters. The maximum absolute atomic E-state index is 13.2. The first-order valence-electron chi connectivity index (χ1n) is 10.3. The zero-order valence-electron chi connectivity index (χ0n) is 18.5. The molecule has 0 aromatic heterocycles. The number of nitrogens with zero attached hydrogens (tertiary/aromatic N) is 1. The van der Waals surface area contributed by atoms with Crippen molar-refractivity contribution in [2.75, 3.05) is 22.4 Å². The first kappa shape index (κ1) is 24.7. The highest BCUT2D eigenvalue weighted by molar-refractivity contribution is 7.92. The quantitative estimate of drug-likeness (QED) is 0.452. The summed E-state index contributed by atoms with van der Waals surface area (Å²) in [6.07, 6.45) is 2.63. The summed E-state index contributed by atoms with van der Waals surface area (Å²) < 4.78 is 39.1. The van der Waals surface area contributed by atoms with Crippen molar-refractivity contribution in [2.45, 2.75) is 6.54 Å². The number of carbonyl (C=O) groups is 2. The second kappa shape index (κ2) is 10.8. The van der Waals surface area contributed by atoms with Crippen LogP contribution in [0, 0.1) is 5.82 Å². The third-order valence-electron chi connectivity index (χ3n) is 4.88. The number of sulfonamides is 1. The molecular formula is C25H24FN3O4S. The second-order valence-corrected chi connectivity index (χ2v) is 9.35. The average Bonchev–Trinajstić information content (AvgIpc) is 2.82. The molecule has 0 spiro atoms. The molecule has 2 amide bonds. The van der Waals surface area contributed by atoms with E-state index in [1.165, 1.54) is 52.8 Å². The maximum Gasteiger partial charge on any atom is 0.255 e. The number of hydrogen-bond donors (Lipinski definition) is 2. The van der Waals surface area contributed by atoms with Gasteiger partial charge in [0.1, 0.15) is 5.82 Å². The molecule has 0 aliphatic rings. The molecule has 2 N–H and O–H groups in total. The fourth-order valence-electron chi connectivity index (χ4n) is 3.18. The Bertz CT molecular complexity index is 1290. The van der Waals surface area contributed by atoms with Gasteiger partial charge in [-0.2, -0.15) is 0 Å². The molecule has 176 valence electrons. The third-order valence-corrected chi connectivity index (χ3v) is 6.02. The number of hydrogen-bond acceptors (Lipinski definition) is 4. The van der Waals surface area contributed by atoms with Crippen molar-refractivity contribution in [3.05, 3.63) is 108 Å². The minimum absolute atomic E-state index is 0.0118. The molecule has 9 heteroatoms. The third kappa shape index (κ3) is 6.29. The molecule has 0 radical (unpaired) electrons. The van der Waals surface area contributed by atoms with Gasteiger partial charge in [0, 0.05) is 12.1 Å². The van der Waals surface area contributed by atoms with Crippen LogP contribution in [0.4, 0.5) is 15.8 Å². The summed E-state index contributed by atoms with van der Waals surface area (Å²) in [5.41, 5.74) is 1.89. The first-order chi connectivity index (χ1) is 16.2. The number of anilines is 2. The lowest BCUT2D eigenvalue weighted by Crippen LogP contribution is -2.29. The van der Waals surface area contributed by atoms with Crippen molar-refractivity contribution in [1.82, 2.24) is 5.32 Å². The summed E-state index contributed by atoms with van der Waals surface area (Å²) in [5, 5.41) is 5.38. The van der Waals surface area contributed by atoms with Crippen LogP contribution >= 0.6 is 0 Å². The van der Waals surface area contributed by atoms with Crippen LogP contribution in [0.5, 0.6) is 0 Å². The molecule has 0 fully saturated rings. The molecule has 34 heavy (non-hydrogen) atoms. The van der Waals surface area contributed by atoms with E-state index < -0.39 is 21.7 Å². The van der Waals surface area contributed by atoms with E-state index in [1.54, 1.807) is 30.3 Å². The fourth-order valence-corrected chi connectivity index (χ4v) is 4.07. The molecule has 0 aliphatic heterocycles. The average molecular weight is 482 g/mol. The lowest BCUT2D eigenvalue weighted by Gasteiger charge is -2.23. The van der Waals surface area contributed by atoms with Crippen LogP contribution in [0.3, 0.4) is 0 Å². The van der Waals surface area contributed by atoms with E-state index in [1.807, 2.05) is 0 Å². The lowest BCUT2D eigenvalue weighted by molar-refractivity contribution is 0.0959. The van der Waals surface area contributed by atoms with Crippen molar-refractivity contribution >= 4 is 33.2 Å². The molecule has 0 saturated heterocycles. The Morgan fingerprint density at radius 2 is 1.62 bits per heavy atom. The smallest absolute Gasteiger partial charge is 0.255 e. The van der Waals surface area contributed by atoms with E-state index in [0.717, 1.165) is 6.26 Å². The molecule has 0 unspecified atom stereocenters. The zero-order chi connectivity index (χ0) is 24.7. The summed E-state index contributed by atoms with van der Waals surface area (Å²) in [7, 11) is -3.64. The Balaban J connectivity index is 1.79. The number of para-hydroxylation sites is 1. The molecule has 7 nitrogen and oxygen atoms in total. The van der Waals surface area contributed by atoms with E-state index in [-0.39, 0.29) is 24.6 Å². The van der Waals surface area contributed by atoms with Gasteiger partial charge in [-0.1, -0.05) is 30.3 Å². The normalized spacial score (nSPS) is 10.9. The van der Waals surface area contributed by atoms with Gasteiger partial charge >= 0.3 is 0 Å². The topological polar surface area (TPSA) is 95.6 Å². The van der Waals surface area contributed by atoms with Gasteiger partial charge < -0.3 is 10.6 Å². The standard InChI is InChI=1S/C25H24FN3O4S/c1-3-16-27-25(31)22-6-4-5-7-23(22)28-24(30)19-10-14-21(15-11-19)29(34(2,32)33)17-18-8-12-20(26)13-9-18/h3-15H,1,16-17H2,2H3,(H,27,31)(H,28,30). The summed E-state index contributed by atoms with van der Waals surface area (Å²) in [4.78, 5) is 25.1. The number of amides is 2. The number of rotatable bonds is 9. The van der Waals surface area contributed by atoms with Gasteiger partial charge in [0.15, 0.2) is 0 Å². The maximum atomic E-state index is 13.2. The number of nitrogens with one attached hydrogen (secondary N) is 2. The Labute approximate surface area is 198 Å². The van der Waals surface area contributed by atoms with Crippen LogP contribution in [0.15, 0.2) is 85.5 Å². The highest BCUT2D eigenvalue weighted by Gasteiger charge is 2.19. The number of halogens is 1. The van der Waals surface area contributed by atoms with Crippen molar-refractivity contribution in [1.29, 1.82) is 0 Å². The summed E-state index contributed by atoms with van der Waals surface area (Å²) in [6, 6.07) is 18.2. The van der Waals surface area contributed by atoms with Crippen LogP contribution in [0.25, 0.3) is 0 Å². The molecule has 3 aromatic rings. The Morgan fingerprint density at radius 3 is 2.24 bits per heavy atom. The minimum Gasteiger partial charge on any atom is -0.349 e. The van der Waals surface area contributed by atoms with Crippen LogP contribution in [-0.2, 0) is 16.6 Å². The van der Waals surface area contributed by atoms with Gasteiger partial charge in [0.2, 0.25) is 10.0 Å². The predicted octanol–water partition coefficient (Wildman–Crippen LogP) is 3.96. The van der Waals surface area contributed by atoms with E-state index in [4.69, 9.17) is 0 Å². The minimum atomic E-state index is -3.64. The van der Waals surface area contributed by atoms with Gasteiger partial charge in [-0.3, -0.25) is 13.9 Å². The summed E-state index contributed by atoms with van der Waals surface area (Å²) in [6.45, 7) is 3.86. The first-order valence-corrected chi connectivity index (χ1v) is 12.2. The van der Waals surface area contributed by atoms with Crippen LogP contribution in [-0.4, -0.2) is 33.0 Å². The van der Waals surface area contributed by atoms with E-state index in [2.05, 4.69) is 17.2 Å². The molecule has 0 saturated carbocycles. The molecule has 0 aliphatic carbocycles. The van der Waals surface area contributed by atoms with Crippen molar-refractivity contribution in [3.63, 3.8) is 0 Å². The van der Waals surface area contributed by atoms with Gasteiger partial charge in [-0.25, -0.2) is 12.8 Å². The Morgan fingerprint density at radius 1 is 0.971 bits per heavy atom. The van der Waals surface area contributed by atoms with Gasteiger partial charge in [-0.15, -0.1) is 6.58 Å². The van der Waals surface area contributed by atoms with Crippen molar-refractivity contribution in [3.8, 4) is 0 Å². The lowest BCUT2D eigenvalue weighted by atomic mass is 10.1. The molecule has 0 bridgehead atoms. The SMILES string of the molecule is C=CCNC(=O)c1ccccc1NC(=O)c1ccc(N(Cc2ccc(F)cc2)S(C)(=O)=O)cc1. The predicted molar refractivity (Wildman–Crippen MR) is 131 cm³/mol. The van der Waals surface area contributed by atoms with E-state index in [9.17, 15) is 22.4 Å². The zero-order valence-corrected chi connectivity index (χ0v) is 19.3. The monoisotopic (exact) mass is 481 g/mol. The largest absolute Gasteiger partial charge is 0.349 e. The second-order valence-electron chi connectivity index (χ2n) is 7.44. The molecule has 3 rings (SSSR count). The van der Waals surface area contributed by atoms with Crippen molar-refractivity contribution in [2.24, 2.45) is 0 Å². The summed E-state index contributed by atoms with van der Waals surface area (Å²) in [5.74, 6) is -1.22. The molecule has 3 aromatic carbocycles. The highest BCUT2D eigenvalue weighted by atomic mass is 32.2.